The van der Waals surface area contributed by atoms with E-state index in [-0.39, 0.29) is 24.1 Å². The summed E-state index contributed by atoms with van der Waals surface area (Å²) in [6.45, 7) is 0. The van der Waals surface area contributed by atoms with Crippen molar-refractivity contribution in [2.45, 2.75) is 31.5 Å². The van der Waals surface area contributed by atoms with Crippen molar-refractivity contribution in [3.8, 4) is 0 Å². The predicted octanol–water partition coefficient (Wildman–Crippen LogP) is 0.319. The number of ether oxygens (including phenoxy) is 1. The summed E-state index contributed by atoms with van der Waals surface area (Å²) >= 11 is 0. The van der Waals surface area contributed by atoms with Gasteiger partial charge in [-0.25, -0.2) is 0 Å². The number of carbonyl (C=O) groups excluding carboxylic acids is 1. The van der Waals surface area contributed by atoms with Gasteiger partial charge in [0.2, 0.25) is 0 Å². The smallest absolute Gasteiger partial charge is 0.306 e. The zero-order chi connectivity index (χ0) is 8.29. The van der Waals surface area contributed by atoms with Gasteiger partial charge < -0.3 is 9.84 Å². The molecule has 2 saturated carbocycles. The molecule has 3 rings (SSSR count). The highest BCUT2D eigenvalue weighted by molar-refractivity contribution is 5.72. The van der Waals surface area contributed by atoms with Crippen molar-refractivity contribution in [1.29, 1.82) is 0 Å². The predicted molar refractivity (Wildman–Crippen MR) is 40.2 cm³/mol. The largest absolute Gasteiger partial charge is 0.462 e. The van der Waals surface area contributed by atoms with Gasteiger partial charge in [-0.2, -0.15) is 0 Å². The van der Waals surface area contributed by atoms with Gasteiger partial charge >= 0.3 is 5.97 Å². The van der Waals surface area contributed by atoms with E-state index < -0.39 is 0 Å². The molecule has 12 heavy (non-hydrogen) atoms. The van der Waals surface area contributed by atoms with E-state index in [0.29, 0.717) is 18.3 Å². The minimum Gasteiger partial charge on any atom is -0.462 e. The maximum absolute atomic E-state index is 11.0. The van der Waals surface area contributed by atoms with Gasteiger partial charge in [-0.1, -0.05) is 0 Å². The van der Waals surface area contributed by atoms with Crippen LogP contribution in [0.4, 0.5) is 0 Å². The molecule has 3 heteroatoms. The van der Waals surface area contributed by atoms with Crippen LogP contribution in [0.15, 0.2) is 0 Å². The highest BCUT2D eigenvalue weighted by atomic mass is 16.6. The molecule has 0 amide bonds. The van der Waals surface area contributed by atoms with E-state index in [1.165, 1.54) is 0 Å². The fraction of sp³-hybridized carbons (Fsp3) is 0.889. The Morgan fingerprint density at radius 2 is 2.17 bits per heavy atom. The summed E-state index contributed by atoms with van der Waals surface area (Å²) in [5.74, 6) is 1.19. The van der Waals surface area contributed by atoms with Crippen LogP contribution < -0.4 is 0 Å². The molecule has 0 aromatic heterocycles. The zero-order valence-electron chi connectivity index (χ0n) is 6.77. The van der Waals surface area contributed by atoms with E-state index in [2.05, 4.69) is 0 Å². The molecule has 1 aliphatic heterocycles. The number of aliphatic hydroxyl groups excluding tert-OH is 1. The van der Waals surface area contributed by atoms with Crippen molar-refractivity contribution in [2.24, 2.45) is 17.8 Å². The van der Waals surface area contributed by atoms with Gasteiger partial charge in [-0.3, -0.25) is 4.79 Å². The van der Waals surface area contributed by atoms with Crippen LogP contribution in [-0.2, 0) is 9.53 Å². The van der Waals surface area contributed by atoms with Crippen molar-refractivity contribution in [3.05, 3.63) is 0 Å². The van der Waals surface area contributed by atoms with Crippen molar-refractivity contribution < 1.29 is 14.6 Å². The highest BCUT2D eigenvalue weighted by Gasteiger charge is 2.57. The van der Waals surface area contributed by atoms with Crippen LogP contribution in [0.3, 0.4) is 0 Å². The van der Waals surface area contributed by atoms with E-state index in [9.17, 15) is 9.90 Å². The second kappa shape index (κ2) is 2.02. The Labute approximate surface area is 70.7 Å². The Hall–Kier alpha value is -0.570. The number of fused-ring (bicyclic) bond motifs is 5. The van der Waals surface area contributed by atoms with Crippen molar-refractivity contribution in [1.82, 2.24) is 0 Å². The molecule has 3 nitrogen and oxygen atoms in total. The first-order chi connectivity index (χ1) is 5.75. The summed E-state index contributed by atoms with van der Waals surface area (Å²) in [6, 6.07) is 0. The third-order valence-electron chi connectivity index (χ3n) is 3.73. The number of aliphatic hydroxyl groups is 1. The van der Waals surface area contributed by atoms with E-state index in [1.807, 2.05) is 0 Å². The molecule has 66 valence electrons. The number of hydrogen-bond donors (Lipinski definition) is 1. The molecule has 0 spiro atoms. The molecular formula is C9H12O3. The monoisotopic (exact) mass is 168 g/mol. The molecule has 1 N–H and O–H groups in total. The molecular weight excluding hydrogens is 156 g/mol. The van der Waals surface area contributed by atoms with E-state index in [4.69, 9.17) is 4.74 Å². The summed E-state index contributed by atoms with van der Waals surface area (Å²) in [6.07, 6.45) is 2.42. The van der Waals surface area contributed by atoms with Gasteiger partial charge in [-0.15, -0.1) is 0 Å². The summed E-state index contributed by atoms with van der Waals surface area (Å²) < 4.78 is 5.19. The van der Waals surface area contributed by atoms with Gasteiger partial charge in [0, 0.05) is 11.8 Å². The van der Waals surface area contributed by atoms with Gasteiger partial charge in [0.05, 0.1) is 12.5 Å². The number of esters is 1. The molecule has 1 heterocycles. The van der Waals surface area contributed by atoms with Crippen LogP contribution in [0, 0.1) is 17.8 Å². The molecule has 5 unspecified atom stereocenters. The normalized spacial score (nSPS) is 55.8. The Bertz CT molecular complexity index is 238. The third kappa shape index (κ3) is 0.678. The fourth-order valence-electron chi connectivity index (χ4n) is 3.23. The van der Waals surface area contributed by atoms with Crippen molar-refractivity contribution in [3.63, 3.8) is 0 Å². The molecule has 0 radical (unpaired) electrons. The number of carbonyl (C=O) groups is 1. The van der Waals surface area contributed by atoms with Gasteiger partial charge in [-0.05, 0) is 18.8 Å². The van der Waals surface area contributed by atoms with Crippen LogP contribution >= 0.6 is 0 Å². The maximum Gasteiger partial charge on any atom is 0.306 e. The Morgan fingerprint density at radius 1 is 1.33 bits per heavy atom. The second-order valence-corrected chi connectivity index (χ2v) is 4.29. The second-order valence-electron chi connectivity index (χ2n) is 4.29. The summed E-state index contributed by atoms with van der Waals surface area (Å²) in [4.78, 5) is 11.0. The van der Waals surface area contributed by atoms with Crippen LogP contribution in [-0.4, -0.2) is 23.3 Å². The standard InChI is InChI=1S/C9H12O3/c10-7-2-4-1-6(7)9-5(4)3-8(11)12-9/h4-7,9-10H,1-3H2. The third-order valence-corrected chi connectivity index (χ3v) is 3.73. The minimum atomic E-state index is -0.206. The SMILES string of the molecule is O=C1CC2C3CC(O)C(C3)C2O1. The van der Waals surface area contributed by atoms with Crippen LogP contribution in [0.5, 0.6) is 0 Å². The number of hydrogen-bond acceptors (Lipinski definition) is 3. The molecule has 3 aliphatic rings. The highest BCUT2D eigenvalue weighted by Crippen LogP contribution is 2.53. The van der Waals surface area contributed by atoms with E-state index >= 15 is 0 Å². The first-order valence-corrected chi connectivity index (χ1v) is 4.63. The Balaban J connectivity index is 1.90. The lowest BCUT2D eigenvalue weighted by molar-refractivity contribution is -0.144. The Morgan fingerprint density at radius 3 is 3.00 bits per heavy atom. The summed E-state index contributed by atoms with van der Waals surface area (Å²) in [7, 11) is 0. The molecule has 1 saturated heterocycles. The van der Waals surface area contributed by atoms with E-state index in [1.54, 1.807) is 0 Å². The topological polar surface area (TPSA) is 46.5 Å². The van der Waals surface area contributed by atoms with Crippen LogP contribution in [0.25, 0.3) is 0 Å². The van der Waals surface area contributed by atoms with Crippen LogP contribution in [0.1, 0.15) is 19.3 Å². The first kappa shape index (κ1) is 6.89. The summed E-state index contributed by atoms with van der Waals surface area (Å²) in [5.41, 5.74) is 0. The quantitative estimate of drug-likeness (QED) is 0.530. The number of rotatable bonds is 0. The average molecular weight is 168 g/mol. The lowest BCUT2D eigenvalue weighted by atomic mass is 9.84. The minimum absolute atomic E-state index is 0.0613. The molecule has 2 aliphatic carbocycles. The molecule has 2 bridgehead atoms. The molecule has 0 aromatic carbocycles. The molecule has 5 atom stereocenters. The maximum atomic E-state index is 11.0. The van der Waals surface area contributed by atoms with Gasteiger partial charge in [0.25, 0.3) is 0 Å². The van der Waals surface area contributed by atoms with Crippen LogP contribution in [0.2, 0.25) is 0 Å². The fourth-order valence-corrected chi connectivity index (χ4v) is 3.23. The summed E-state index contributed by atoms with van der Waals surface area (Å²) in [5, 5.41) is 9.56. The lowest BCUT2D eigenvalue weighted by Crippen LogP contribution is -2.33. The van der Waals surface area contributed by atoms with Gasteiger partial charge in [0.15, 0.2) is 0 Å². The molecule has 0 aromatic rings. The first-order valence-electron chi connectivity index (χ1n) is 4.63. The van der Waals surface area contributed by atoms with E-state index in [0.717, 1.165) is 12.8 Å². The average Bonchev–Trinajstić information content (AvgIpc) is 2.57. The Kier molecular flexibility index (Phi) is 1.16. The van der Waals surface area contributed by atoms with Gasteiger partial charge in [0.1, 0.15) is 6.10 Å². The van der Waals surface area contributed by atoms with Crippen molar-refractivity contribution in [2.75, 3.05) is 0 Å². The zero-order valence-corrected chi connectivity index (χ0v) is 6.77. The lowest BCUT2D eigenvalue weighted by Gasteiger charge is -2.25. The van der Waals surface area contributed by atoms with Crippen molar-refractivity contribution >= 4 is 5.97 Å². The molecule has 3 fully saturated rings.